The van der Waals surface area contributed by atoms with E-state index in [-0.39, 0.29) is 11.7 Å². The van der Waals surface area contributed by atoms with E-state index in [9.17, 15) is 4.79 Å². The second kappa shape index (κ2) is 4.72. The Kier molecular flexibility index (Phi) is 3.78. The molecule has 1 aliphatic rings. The van der Waals surface area contributed by atoms with Crippen LogP contribution in [0.1, 0.15) is 33.6 Å². The average molecular weight is 227 g/mol. The molecule has 0 heterocycles. The molecule has 5 nitrogen and oxygen atoms in total. The Morgan fingerprint density at radius 1 is 1.50 bits per heavy atom. The van der Waals surface area contributed by atoms with Gasteiger partial charge >= 0.3 is 0 Å². The van der Waals surface area contributed by atoms with E-state index in [4.69, 9.17) is 10.9 Å². The molecule has 0 saturated heterocycles. The maximum atomic E-state index is 11.9. The lowest BCUT2D eigenvalue weighted by Gasteiger charge is -2.19. The van der Waals surface area contributed by atoms with Crippen molar-refractivity contribution in [1.82, 2.24) is 5.32 Å². The summed E-state index contributed by atoms with van der Waals surface area (Å²) in [5.74, 6) is 0.865. The van der Waals surface area contributed by atoms with E-state index in [2.05, 4.69) is 31.2 Å². The maximum absolute atomic E-state index is 11.9. The molecule has 1 amide bonds. The lowest BCUT2D eigenvalue weighted by atomic mass is 9.97. The minimum atomic E-state index is -0.731. The molecule has 0 bridgehead atoms. The van der Waals surface area contributed by atoms with Crippen LogP contribution in [0.4, 0.5) is 0 Å². The van der Waals surface area contributed by atoms with Gasteiger partial charge in [-0.25, -0.2) is 0 Å². The predicted octanol–water partition coefficient (Wildman–Crippen LogP) is 0.921. The first-order chi connectivity index (χ1) is 7.44. The molecule has 5 heteroatoms. The van der Waals surface area contributed by atoms with Gasteiger partial charge in [0.25, 0.3) is 0 Å². The van der Waals surface area contributed by atoms with Gasteiger partial charge < -0.3 is 16.3 Å². The van der Waals surface area contributed by atoms with Crippen molar-refractivity contribution in [3.63, 3.8) is 0 Å². The van der Waals surface area contributed by atoms with Crippen LogP contribution in [0.2, 0.25) is 0 Å². The van der Waals surface area contributed by atoms with E-state index in [0.717, 1.165) is 0 Å². The van der Waals surface area contributed by atoms with E-state index in [1.165, 1.54) is 0 Å². The molecule has 0 aromatic heterocycles. The number of hydrogen-bond donors (Lipinski definition) is 3. The van der Waals surface area contributed by atoms with Gasteiger partial charge in [-0.1, -0.05) is 25.9 Å². The Morgan fingerprint density at radius 3 is 2.44 bits per heavy atom. The van der Waals surface area contributed by atoms with Crippen LogP contribution in [0.5, 0.6) is 0 Å². The minimum absolute atomic E-state index is 0.0298. The molecular formula is C11H21N3O2. The molecule has 0 spiro atoms. The molecule has 1 unspecified atom stereocenters. The summed E-state index contributed by atoms with van der Waals surface area (Å²) in [6, 6.07) is 0. The third-order valence-corrected chi connectivity index (χ3v) is 3.51. The van der Waals surface area contributed by atoms with Crippen LogP contribution in [0.3, 0.4) is 0 Å². The third-order valence-electron chi connectivity index (χ3n) is 3.51. The molecule has 4 N–H and O–H groups in total. The number of amides is 1. The Morgan fingerprint density at radius 2 is 2.06 bits per heavy atom. The van der Waals surface area contributed by atoms with Gasteiger partial charge in [-0.15, -0.1) is 0 Å². The van der Waals surface area contributed by atoms with Crippen LogP contribution in [-0.4, -0.2) is 23.5 Å². The largest absolute Gasteiger partial charge is 0.409 e. The number of carbonyl (C=O) groups excluding carboxylic acids is 1. The first kappa shape index (κ1) is 12.8. The normalized spacial score (nSPS) is 20.6. The summed E-state index contributed by atoms with van der Waals surface area (Å²) in [5.41, 5.74) is 4.79. The van der Waals surface area contributed by atoms with Gasteiger partial charge in [0.05, 0.1) is 0 Å². The topological polar surface area (TPSA) is 87.7 Å². The van der Waals surface area contributed by atoms with Crippen molar-refractivity contribution < 1.29 is 10.0 Å². The van der Waals surface area contributed by atoms with Crippen LogP contribution in [0.25, 0.3) is 0 Å². The monoisotopic (exact) mass is 227 g/mol. The summed E-state index contributed by atoms with van der Waals surface area (Å²) in [7, 11) is 0. The second-order valence-corrected chi connectivity index (χ2v) is 5.00. The van der Waals surface area contributed by atoms with Gasteiger partial charge in [-0.2, -0.15) is 0 Å². The lowest BCUT2D eigenvalue weighted by molar-refractivity contribution is -0.124. The summed E-state index contributed by atoms with van der Waals surface area (Å²) < 4.78 is 0. The molecular weight excluding hydrogens is 206 g/mol. The van der Waals surface area contributed by atoms with Crippen molar-refractivity contribution in [2.45, 2.75) is 33.6 Å². The average Bonchev–Trinajstić information content (AvgIpc) is 3.05. The number of oxime groups is 1. The molecule has 16 heavy (non-hydrogen) atoms. The van der Waals surface area contributed by atoms with Crippen LogP contribution in [-0.2, 0) is 4.79 Å². The Hall–Kier alpha value is -1.26. The number of hydrogen-bond acceptors (Lipinski definition) is 3. The Balaban J connectivity index is 2.48. The summed E-state index contributed by atoms with van der Waals surface area (Å²) in [5, 5.41) is 14.4. The van der Waals surface area contributed by atoms with Crippen molar-refractivity contribution in [3.8, 4) is 0 Å². The number of nitrogens with zero attached hydrogens (tertiary/aromatic N) is 1. The second-order valence-electron chi connectivity index (χ2n) is 5.00. The summed E-state index contributed by atoms with van der Waals surface area (Å²) >= 11 is 0. The van der Waals surface area contributed by atoms with Gasteiger partial charge in [-0.3, -0.25) is 4.79 Å². The molecule has 1 aliphatic carbocycles. The third kappa shape index (κ3) is 2.46. The summed E-state index contributed by atoms with van der Waals surface area (Å²) in [6.07, 6.45) is 1.34. The quantitative estimate of drug-likeness (QED) is 0.282. The van der Waals surface area contributed by atoms with E-state index in [1.807, 2.05) is 0 Å². The number of nitrogens with two attached hydrogens (primary N) is 1. The van der Waals surface area contributed by atoms with E-state index in [1.54, 1.807) is 0 Å². The lowest BCUT2D eigenvalue weighted by Crippen LogP contribution is -2.42. The van der Waals surface area contributed by atoms with E-state index < -0.39 is 5.41 Å². The fourth-order valence-electron chi connectivity index (χ4n) is 1.48. The maximum Gasteiger partial charge on any atom is 0.233 e. The Bertz CT molecular complexity index is 296. The predicted molar refractivity (Wildman–Crippen MR) is 62.1 cm³/mol. The fourth-order valence-corrected chi connectivity index (χ4v) is 1.48. The minimum Gasteiger partial charge on any atom is -0.409 e. The highest BCUT2D eigenvalue weighted by Gasteiger charge is 2.54. The molecule has 0 aliphatic heterocycles. The summed E-state index contributed by atoms with van der Waals surface area (Å²) in [6.45, 7) is 6.96. The fraction of sp³-hybridized carbons (Fsp3) is 0.818. The van der Waals surface area contributed by atoms with Crippen molar-refractivity contribution in [1.29, 1.82) is 0 Å². The SMILES string of the molecule is CC(C)C(C)CNC(=O)C1(C(N)=NO)CC1. The first-order valence-electron chi connectivity index (χ1n) is 5.70. The number of carbonyl (C=O) groups is 1. The number of rotatable bonds is 5. The van der Waals surface area contributed by atoms with E-state index in [0.29, 0.717) is 31.2 Å². The van der Waals surface area contributed by atoms with Gasteiger partial charge in [0, 0.05) is 6.54 Å². The standard InChI is InChI=1S/C11H21N3O2/c1-7(2)8(3)6-13-10(15)11(4-5-11)9(12)14-16/h7-8,16H,4-6H2,1-3H3,(H2,12,14)(H,13,15). The van der Waals surface area contributed by atoms with E-state index >= 15 is 0 Å². The molecule has 0 aromatic rings. The zero-order valence-electron chi connectivity index (χ0n) is 10.2. The molecule has 1 saturated carbocycles. The smallest absolute Gasteiger partial charge is 0.233 e. The molecule has 1 fully saturated rings. The van der Waals surface area contributed by atoms with Gasteiger partial charge in [0.1, 0.15) is 5.41 Å². The van der Waals surface area contributed by atoms with Crippen LogP contribution < -0.4 is 11.1 Å². The van der Waals surface area contributed by atoms with Gasteiger partial charge in [0.15, 0.2) is 5.84 Å². The molecule has 1 atom stereocenters. The Labute approximate surface area is 96.1 Å². The van der Waals surface area contributed by atoms with Crippen LogP contribution in [0.15, 0.2) is 5.16 Å². The van der Waals surface area contributed by atoms with Gasteiger partial charge in [0.2, 0.25) is 5.91 Å². The number of nitrogens with one attached hydrogen (secondary N) is 1. The van der Waals surface area contributed by atoms with Crippen LogP contribution >= 0.6 is 0 Å². The highest BCUT2D eigenvalue weighted by atomic mass is 16.4. The molecule has 0 aromatic carbocycles. The van der Waals surface area contributed by atoms with Gasteiger partial charge in [-0.05, 0) is 24.7 Å². The first-order valence-corrected chi connectivity index (χ1v) is 5.70. The molecule has 92 valence electrons. The zero-order chi connectivity index (χ0) is 12.3. The molecule has 1 rings (SSSR count). The van der Waals surface area contributed by atoms with Crippen LogP contribution in [0, 0.1) is 17.3 Å². The molecule has 0 radical (unpaired) electrons. The number of amidine groups is 1. The van der Waals surface area contributed by atoms with Crippen molar-refractivity contribution in [2.24, 2.45) is 28.1 Å². The highest BCUT2D eigenvalue weighted by Crippen LogP contribution is 2.46. The summed E-state index contributed by atoms with van der Waals surface area (Å²) in [4.78, 5) is 11.9. The van der Waals surface area contributed by atoms with Crippen molar-refractivity contribution in [2.75, 3.05) is 6.54 Å². The van der Waals surface area contributed by atoms with Crippen molar-refractivity contribution in [3.05, 3.63) is 0 Å². The highest BCUT2D eigenvalue weighted by molar-refractivity contribution is 6.09. The van der Waals surface area contributed by atoms with Crippen molar-refractivity contribution >= 4 is 11.7 Å². The zero-order valence-corrected chi connectivity index (χ0v) is 10.2.